The SMILES string of the molecule is COC(=O)c1ccc(CN2C(=O)N/C(=C\c3cn(Cc4ccccc4C#N)c4ccccc34)C2=O)o1. The fourth-order valence-corrected chi connectivity index (χ4v) is 4.17. The van der Waals surface area contributed by atoms with Gasteiger partial charge in [0, 0.05) is 29.2 Å². The molecule has 0 saturated carbocycles. The number of hydrogen-bond acceptors (Lipinski definition) is 6. The molecule has 0 spiro atoms. The monoisotopic (exact) mass is 480 g/mol. The summed E-state index contributed by atoms with van der Waals surface area (Å²) in [6.07, 6.45) is 3.53. The third-order valence-corrected chi connectivity index (χ3v) is 5.92. The molecule has 0 radical (unpaired) electrons. The van der Waals surface area contributed by atoms with E-state index in [-0.39, 0.29) is 23.8 Å². The fourth-order valence-electron chi connectivity index (χ4n) is 4.17. The average Bonchev–Trinajstić information content (AvgIpc) is 3.58. The molecule has 0 bridgehead atoms. The van der Waals surface area contributed by atoms with Crippen molar-refractivity contribution in [1.29, 1.82) is 5.26 Å². The van der Waals surface area contributed by atoms with Crippen molar-refractivity contribution in [2.75, 3.05) is 7.11 Å². The summed E-state index contributed by atoms with van der Waals surface area (Å²) in [6.45, 7) is 0.340. The molecule has 2 aromatic carbocycles. The Morgan fingerprint density at radius 1 is 1.08 bits per heavy atom. The van der Waals surface area contributed by atoms with Gasteiger partial charge in [-0.15, -0.1) is 0 Å². The van der Waals surface area contributed by atoms with Crippen molar-refractivity contribution in [2.24, 2.45) is 0 Å². The lowest BCUT2D eigenvalue weighted by atomic mass is 10.1. The van der Waals surface area contributed by atoms with Gasteiger partial charge in [0.15, 0.2) is 0 Å². The number of hydrogen-bond donors (Lipinski definition) is 1. The standard InChI is InChI=1S/C27H20N4O5/c1-35-26(33)24-11-10-20(36-24)16-31-25(32)22(29-27(31)34)12-19-15-30(23-9-5-4-8-21(19)23)14-18-7-3-2-6-17(18)13-28/h2-12,15H,14,16H2,1H3,(H,29,34)/b22-12-. The van der Waals surface area contributed by atoms with E-state index < -0.39 is 17.9 Å². The van der Waals surface area contributed by atoms with Crippen LogP contribution in [0.5, 0.6) is 0 Å². The average molecular weight is 480 g/mol. The minimum atomic E-state index is -0.646. The van der Waals surface area contributed by atoms with Gasteiger partial charge in [0.25, 0.3) is 5.91 Å². The summed E-state index contributed by atoms with van der Waals surface area (Å²) in [5, 5.41) is 13.0. The number of ether oxygens (including phenoxy) is 1. The van der Waals surface area contributed by atoms with E-state index in [4.69, 9.17) is 4.42 Å². The van der Waals surface area contributed by atoms with Gasteiger partial charge in [0.1, 0.15) is 11.5 Å². The second kappa shape index (κ2) is 9.27. The first-order valence-corrected chi connectivity index (χ1v) is 11.1. The summed E-state index contributed by atoms with van der Waals surface area (Å²) < 4.78 is 12.0. The number of carbonyl (C=O) groups is 3. The van der Waals surface area contributed by atoms with Crippen molar-refractivity contribution in [3.8, 4) is 6.07 Å². The van der Waals surface area contributed by atoms with Gasteiger partial charge < -0.3 is 19.0 Å². The number of methoxy groups -OCH3 is 1. The Kier molecular flexibility index (Phi) is 5.84. The number of imide groups is 1. The van der Waals surface area contributed by atoms with Gasteiger partial charge >= 0.3 is 12.0 Å². The number of esters is 1. The molecule has 1 aliphatic heterocycles. The Balaban J connectivity index is 1.44. The van der Waals surface area contributed by atoms with Crippen molar-refractivity contribution in [1.82, 2.24) is 14.8 Å². The van der Waals surface area contributed by atoms with E-state index in [1.54, 1.807) is 12.1 Å². The lowest BCUT2D eigenvalue weighted by Gasteiger charge is -2.09. The predicted molar refractivity (Wildman–Crippen MR) is 129 cm³/mol. The molecule has 9 heteroatoms. The summed E-state index contributed by atoms with van der Waals surface area (Å²) in [4.78, 5) is 38.2. The van der Waals surface area contributed by atoms with Crippen LogP contribution < -0.4 is 5.32 Å². The lowest BCUT2D eigenvalue weighted by molar-refractivity contribution is -0.123. The summed E-state index contributed by atoms with van der Waals surface area (Å²) >= 11 is 0. The van der Waals surface area contributed by atoms with Crippen molar-refractivity contribution >= 4 is 34.9 Å². The number of fused-ring (bicyclic) bond motifs is 1. The van der Waals surface area contributed by atoms with E-state index in [2.05, 4.69) is 16.1 Å². The van der Waals surface area contributed by atoms with E-state index >= 15 is 0 Å². The Morgan fingerprint density at radius 3 is 2.67 bits per heavy atom. The van der Waals surface area contributed by atoms with E-state index in [9.17, 15) is 19.6 Å². The minimum absolute atomic E-state index is 0.0129. The molecule has 1 N–H and O–H groups in total. The molecule has 2 aromatic heterocycles. The first-order chi connectivity index (χ1) is 17.5. The molecular formula is C27H20N4O5. The van der Waals surface area contributed by atoms with Crippen molar-refractivity contribution < 1.29 is 23.5 Å². The van der Waals surface area contributed by atoms with Crippen LogP contribution in [0.2, 0.25) is 0 Å². The summed E-state index contributed by atoms with van der Waals surface area (Å²) in [5.41, 5.74) is 3.27. The Hall–Kier alpha value is -5.10. The number of carbonyl (C=O) groups excluding carboxylic acids is 3. The second-order valence-electron chi connectivity index (χ2n) is 8.14. The first-order valence-electron chi connectivity index (χ1n) is 11.1. The fraction of sp³-hybridized carbons (Fsp3) is 0.111. The molecule has 3 amide bonds. The number of furan rings is 1. The molecule has 1 saturated heterocycles. The number of aromatic nitrogens is 1. The van der Waals surface area contributed by atoms with Crippen LogP contribution in [0.4, 0.5) is 4.79 Å². The van der Waals surface area contributed by atoms with Crippen LogP contribution in [-0.2, 0) is 22.6 Å². The van der Waals surface area contributed by atoms with E-state index in [0.717, 1.165) is 26.9 Å². The zero-order chi connectivity index (χ0) is 25.2. The largest absolute Gasteiger partial charge is 0.463 e. The van der Waals surface area contributed by atoms with Crippen LogP contribution in [0, 0.1) is 11.3 Å². The van der Waals surface area contributed by atoms with E-state index in [0.29, 0.717) is 12.1 Å². The smallest absolute Gasteiger partial charge is 0.373 e. The summed E-state index contributed by atoms with van der Waals surface area (Å²) in [7, 11) is 1.23. The molecule has 9 nitrogen and oxygen atoms in total. The maximum atomic E-state index is 13.0. The van der Waals surface area contributed by atoms with Crippen molar-refractivity contribution in [2.45, 2.75) is 13.1 Å². The number of amides is 3. The molecule has 0 unspecified atom stereocenters. The third kappa shape index (κ3) is 4.12. The van der Waals surface area contributed by atoms with Crippen LogP contribution in [0.25, 0.3) is 17.0 Å². The second-order valence-corrected chi connectivity index (χ2v) is 8.14. The molecule has 36 heavy (non-hydrogen) atoms. The van der Waals surface area contributed by atoms with Gasteiger partial charge in [0.05, 0.1) is 25.3 Å². The van der Waals surface area contributed by atoms with Crippen LogP contribution in [0.1, 0.15) is 33.0 Å². The maximum absolute atomic E-state index is 13.0. The number of urea groups is 1. The van der Waals surface area contributed by atoms with Gasteiger partial charge in [-0.2, -0.15) is 5.26 Å². The number of nitrogens with zero attached hydrogens (tertiary/aromatic N) is 3. The summed E-state index contributed by atoms with van der Waals surface area (Å²) in [5.74, 6) is -0.899. The van der Waals surface area contributed by atoms with Crippen molar-refractivity contribution in [3.63, 3.8) is 0 Å². The zero-order valence-corrected chi connectivity index (χ0v) is 19.2. The lowest BCUT2D eigenvalue weighted by Crippen LogP contribution is -2.30. The number of rotatable bonds is 6. The number of para-hydroxylation sites is 1. The number of nitriles is 1. The Labute approximate surface area is 205 Å². The Bertz CT molecular complexity index is 1590. The molecule has 0 atom stereocenters. The molecule has 3 heterocycles. The quantitative estimate of drug-likeness (QED) is 0.253. The molecule has 5 rings (SSSR count). The topological polar surface area (TPSA) is 118 Å². The zero-order valence-electron chi connectivity index (χ0n) is 19.2. The van der Waals surface area contributed by atoms with Gasteiger partial charge in [-0.25, -0.2) is 9.59 Å². The summed E-state index contributed by atoms with van der Waals surface area (Å²) in [6, 6.07) is 19.7. The number of nitrogens with one attached hydrogen (secondary N) is 1. The molecule has 0 aliphatic carbocycles. The predicted octanol–water partition coefficient (Wildman–Crippen LogP) is 4.03. The third-order valence-electron chi connectivity index (χ3n) is 5.92. The minimum Gasteiger partial charge on any atom is -0.463 e. The van der Waals surface area contributed by atoms with Gasteiger partial charge in [0.2, 0.25) is 5.76 Å². The van der Waals surface area contributed by atoms with Crippen LogP contribution in [0.15, 0.2) is 77.0 Å². The molecular weight excluding hydrogens is 460 g/mol. The van der Waals surface area contributed by atoms with Gasteiger partial charge in [-0.3, -0.25) is 9.69 Å². The highest BCUT2D eigenvalue weighted by molar-refractivity contribution is 6.14. The highest BCUT2D eigenvalue weighted by atomic mass is 16.5. The Morgan fingerprint density at radius 2 is 1.86 bits per heavy atom. The van der Waals surface area contributed by atoms with Crippen molar-refractivity contribution in [3.05, 3.63) is 101 Å². The normalized spacial score (nSPS) is 14.3. The van der Waals surface area contributed by atoms with Gasteiger partial charge in [-0.1, -0.05) is 36.4 Å². The highest BCUT2D eigenvalue weighted by Crippen LogP contribution is 2.26. The van der Waals surface area contributed by atoms with Crippen LogP contribution >= 0.6 is 0 Å². The van der Waals surface area contributed by atoms with Gasteiger partial charge in [-0.05, 0) is 35.9 Å². The highest BCUT2D eigenvalue weighted by Gasteiger charge is 2.34. The molecule has 4 aromatic rings. The molecule has 1 fully saturated rings. The molecule has 1 aliphatic rings. The maximum Gasteiger partial charge on any atom is 0.373 e. The molecule has 178 valence electrons. The van der Waals surface area contributed by atoms with Crippen LogP contribution in [0.3, 0.4) is 0 Å². The van der Waals surface area contributed by atoms with E-state index in [1.165, 1.54) is 19.2 Å². The number of benzene rings is 2. The first kappa shape index (κ1) is 22.7. The van der Waals surface area contributed by atoms with Crippen LogP contribution in [-0.4, -0.2) is 34.5 Å². The van der Waals surface area contributed by atoms with E-state index in [1.807, 2.05) is 53.2 Å².